The number of amides is 1. The van der Waals surface area contributed by atoms with Crippen molar-refractivity contribution in [3.05, 3.63) is 72.6 Å². The van der Waals surface area contributed by atoms with Crippen molar-refractivity contribution < 1.29 is 9.53 Å². The van der Waals surface area contributed by atoms with E-state index in [9.17, 15) is 4.79 Å². The molecule has 1 saturated heterocycles. The number of ether oxygens (including phenoxy) is 1. The smallest absolute Gasteiger partial charge is 0.238 e. The van der Waals surface area contributed by atoms with Gasteiger partial charge in [0.05, 0.1) is 19.3 Å². The van der Waals surface area contributed by atoms with Crippen LogP contribution in [-0.4, -0.2) is 42.2 Å². The molecule has 2 aromatic carbocycles. The second kappa shape index (κ2) is 13.4. The van der Waals surface area contributed by atoms with E-state index in [1.54, 1.807) is 12.1 Å². The molecule has 1 aliphatic heterocycles. The van der Waals surface area contributed by atoms with Crippen LogP contribution in [0, 0.1) is 11.3 Å². The van der Waals surface area contributed by atoms with Crippen molar-refractivity contribution in [2.24, 2.45) is 0 Å². The fraction of sp³-hybridized carbons (Fsp3) is 0.250. The molecule has 0 bridgehead atoms. The Labute approximate surface area is 193 Å². The van der Waals surface area contributed by atoms with Gasteiger partial charge in [0.25, 0.3) is 0 Å². The Kier molecular flexibility index (Phi) is 9.62. The Bertz CT molecular complexity index is 1020. The lowest BCUT2D eigenvalue weighted by molar-refractivity contribution is -0.115. The molecular weight excluding hydrogens is 418 g/mol. The normalized spacial score (nSPS) is 12.5. The van der Waals surface area contributed by atoms with Crippen molar-refractivity contribution in [3.63, 3.8) is 0 Å². The molecule has 1 aromatic heterocycles. The van der Waals surface area contributed by atoms with Crippen molar-refractivity contribution >= 4 is 28.9 Å². The van der Waals surface area contributed by atoms with Crippen LogP contribution in [0.25, 0.3) is 0 Å². The second-order valence-electron chi connectivity index (χ2n) is 7.08. The van der Waals surface area contributed by atoms with Gasteiger partial charge in [0, 0.05) is 37.1 Å². The van der Waals surface area contributed by atoms with E-state index in [0.29, 0.717) is 23.9 Å². The average molecular weight is 446 g/mol. The number of para-hydroxylation sites is 1. The number of aromatic nitrogens is 2. The van der Waals surface area contributed by atoms with Crippen LogP contribution in [0.4, 0.5) is 23.0 Å². The van der Waals surface area contributed by atoms with Crippen LogP contribution in [0.3, 0.4) is 0 Å². The van der Waals surface area contributed by atoms with Gasteiger partial charge in [-0.1, -0.05) is 30.3 Å². The Balaban J connectivity index is 0.000000442. The quantitative estimate of drug-likeness (QED) is 0.437. The zero-order chi connectivity index (χ0) is 23.1. The summed E-state index contributed by atoms with van der Waals surface area (Å²) in [4.78, 5) is 19.8. The van der Waals surface area contributed by atoms with E-state index < -0.39 is 0 Å². The fourth-order valence-electron chi connectivity index (χ4n) is 2.88. The predicted molar refractivity (Wildman–Crippen MR) is 128 cm³/mol. The van der Waals surface area contributed by atoms with Gasteiger partial charge in [-0.2, -0.15) is 5.26 Å². The highest BCUT2D eigenvalue weighted by Crippen LogP contribution is 2.17. The van der Waals surface area contributed by atoms with E-state index in [1.807, 2.05) is 54.6 Å². The maximum absolute atomic E-state index is 11.4. The third-order valence-corrected chi connectivity index (χ3v) is 4.51. The number of hydrogen-bond acceptors (Lipinski definition) is 8. The predicted octanol–water partition coefficient (Wildman–Crippen LogP) is 3.29. The minimum Gasteiger partial charge on any atom is -0.379 e. The minimum absolute atomic E-state index is 0.156. The number of morpholine rings is 1. The SMILES string of the molecule is C1COCCN1.N#CCC(=O)Nc1ccc(CNc2cc(Nc3ccccc3)ncn2)cc1. The van der Waals surface area contributed by atoms with E-state index in [2.05, 4.69) is 31.2 Å². The lowest BCUT2D eigenvalue weighted by Crippen LogP contribution is -2.30. The monoisotopic (exact) mass is 445 g/mol. The van der Waals surface area contributed by atoms with Gasteiger partial charge in [0.1, 0.15) is 24.4 Å². The number of anilines is 4. The van der Waals surface area contributed by atoms with Crippen LogP contribution >= 0.6 is 0 Å². The summed E-state index contributed by atoms with van der Waals surface area (Å²) < 4.78 is 5.01. The molecular formula is C24H27N7O2. The Morgan fingerprint density at radius 2 is 1.73 bits per heavy atom. The van der Waals surface area contributed by atoms with Gasteiger partial charge < -0.3 is 26.0 Å². The lowest BCUT2D eigenvalue weighted by atomic mass is 10.2. The summed E-state index contributed by atoms with van der Waals surface area (Å²) in [5, 5.41) is 20.8. The van der Waals surface area contributed by atoms with Crippen molar-refractivity contribution in [3.8, 4) is 6.07 Å². The number of hydrogen-bond donors (Lipinski definition) is 4. The molecule has 3 aromatic rings. The van der Waals surface area contributed by atoms with Gasteiger partial charge in [0.2, 0.25) is 5.91 Å². The molecule has 0 spiro atoms. The summed E-state index contributed by atoms with van der Waals surface area (Å²) in [5.74, 6) is 1.09. The van der Waals surface area contributed by atoms with Crippen LogP contribution in [0.1, 0.15) is 12.0 Å². The topological polar surface area (TPSA) is 124 Å². The number of carbonyl (C=O) groups is 1. The maximum Gasteiger partial charge on any atom is 0.238 e. The highest BCUT2D eigenvalue weighted by molar-refractivity contribution is 5.92. The lowest BCUT2D eigenvalue weighted by Gasteiger charge is -2.10. The number of benzene rings is 2. The zero-order valence-corrected chi connectivity index (χ0v) is 18.3. The molecule has 9 heteroatoms. The number of nitrogens with one attached hydrogen (secondary N) is 4. The van der Waals surface area contributed by atoms with Crippen LogP contribution in [-0.2, 0) is 16.1 Å². The first-order valence-electron chi connectivity index (χ1n) is 10.6. The van der Waals surface area contributed by atoms with E-state index in [-0.39, 0.29) is 12.3 Å². The molecule has 4 rings (SSSR count). The summed E-state index contributed by atoms with van der Waals surface area (Å²) in [5.41, 5.74) is 2.65. The van der Waals surface area contributed by atoms with Gasteiger partial charge >= 0.3 is 0 Å². The Morgan fingerprint density at radius 3 is 2.36 bits per heavy atom. The van der Waals surface area contributed by atoms with Crippen LogP contribution in [0.15, 0.2) is 67.0 Å². The molecule has 1 amide bonds. The first-order valence-corrected chi connectivity index (χ1v) is 10.6. The van der Waals surface area contributed by atoms with E-state index in [0.717, 1.165) is 37.6 Å². The Morgan fingerprint density at radius 1 is 1.00 bits per heavy atom. The number of nitriles is 1. The van der Waals surface area contributed by atoms with Crippen molar-refractivity contribution in [1.82, 2.24) is 15.3 Å². The van der Waals surface area contributed by atoms with Crippen LogP contribution in [0.2, 0.25) is 0 Å². The molecule has 1 fully saturated rings. The summed E-state index contributed by atoms with van der Waals surface area (Å²) in [6.07, 6.45) is 1.35. The van der Waals surface area contributed by atoms with E-state index in [4.69, 9.17) is 10.00 Å². The standard InChI is InChI=1S/C20H18N6O.C4H9NO/c21-11-10-20(27)26-17-8-6-15(7-9-17)13-22-18-12-19(24-14-23-18)25-16-4-2-1-3-5-16;1-3-6-4-2-5-1/h1-9,12,14H,10,13H2,(H,26,27)(H2,22,23,24,25);5H,1-4H2. The van der Waals surface area contributed by atoms with Crippen LogP contribution < -0.4 is 21.3 Å². The summed E-state index contributed by atoms with van der Waals surface area (Å²) in [6, 6.07) is 20.9. The Hall–Kier alpha value is -4.00. The molecule has 4 N–H and O–H groups in total. The second-order valence-corrected chi connectivity index (χ2v) is 7.08. The largest absolute Gasteiger partial charge is 0.379 e. The molecule has 0 saturated carbocycles. The van der Waals surface area contributed by atoms with Gasteiger partial charge in [0.15, 0.2) is 0 Å². The third-order valence-electron chi connectivity index (χ3n) is 4.51. The zero-order valence-electron chi connectivity index (χ0n) is 18.3. The van der Waals surface area contributed by atoms with E-state index in [1.165, 1.54) is 6.33 Å². The molecule has 0 atom stereocenters. The molecule has 1 aliphatic rings. The molecule has 9 nitrogen and oxygen atoms in total. The highest BCUT2D eigenvalue weighted by Gasteiger charge is 2.03. The van der Waals surface area contributed by atoms with Crippen molar-refractivity contribution in [2.45, 2.75) is 13.0 Å². The fourth-order valence-corrected chi connectivity index (χ4v) is 2.88. The van der Waals surface area contributed by atoms with Gasteiger partial charge in [-0.15, -0.1) is 0 Å². The maximum atomic E-state index is 11.4. The number of nitrogens with zero attached hydrogens (tertiary/aromatic N) is 3. The summed E-state index contributed by atoms with van der Waals surface area (Å²) in [6.45, 7) is 4.41. The average Bonchev–Trinajstić information content (AvgIpc) is 2.86. The summed E-state index contributed by atoms with van der Waals surface area (Å²) in [7, 11) is 0. The molecule has 0 radical (unpaired) electrons. The van der Waals surface area contributed by atoms with E-state index >= 15 is 0 Å². The molecule has 0 unspecified atom stereocenters. The first kappa shape index (κ1) is 23.7. The molecule has 2 heterocycles. The number of rotatable bonds is 7. The first-order chi connectivity index (χ1) is 16.2. The van der Waals surface area contributed by atoms with Gasteiger partial charge in [-0.3, -0.25) is 4.79 Å². The third kappa shape index (κ3) is 8.95. The van der Waals surface area contributed by atoms with Crippen LogP contribution in [0.5, 0.6) is 0 Å². The summed E-state index contributed by atoms with van der Waals surface area (Å²) >= 11 is 0. The number of carbonyl (C=O) groups excluding carboxylic acids is 1. The molecule has 0 aliphatic carbocycles. The van der Waals surface area contributed by atoms with Gasteiger partial charge in [-0.25, -0.2) is 9.97 Å². The molecule has 33 heavy (non-hydrogen) atoms. The van der Waals surface area contributed by atoms with Gasteiger partial charge in [-0.05, 0) is 29.8 Å². The molecule has 170 valence electrons. The van der Waals surface area contributed by atoms with Crippen molar-refractivity contribution in [1.29, 1.82) is 5.26 Å². The minimum atomic E-state index is -0.317. The van der Waals surface area contributed by atoms with Crippen molar-refractivity contribution in [2.75, 3.05) is 42.3 Å². The highest BCUT2D eigenvalue weighted by atomic mass is 16.5.